The first-order valence-electron chi connectivity index (χ1n) is 4.56. The van der Waals surface area contributed by atoms with Gasteiger partial charge in [0.15, 0.2) is 0 Å². The highest BCUT2D eigenvalue weighted by Crippen LogP contribution is 2.20. The van der Waals surface area contributed by atoms with Crippen LogP contribution in [0.5, 0.6) is 0 Å². The van der Waals surface area contributed by atoms with E-state index in [0.29, 0.717) is 5.57 Å². The standard InChI is InChI=1S/C10H17N3O/c1-10(2,3)13-5-4-8(11)7(6-13)9(12)14/h4-6,8H,11H2,1-3H3,(H2,12,14). The Morgan fingerprint density at radius 3 is 2.50 bits per heavy atom. The Kier molecular flexibility index (Phi) is 2.66. The summed E-state index contributed by atoms with van der Waals surface area (Å²) in [6.07, 6.45) is 5.36. The average Bonchev–Trinajstić information content (AvgIpc) is 2.02. The fourth-order valence-electron chi connectivity index (χ4n) is 1.21. The molecule has 4 N–H and O–H groups in total. The van der Waals surface area contributed by atoms with Crippen molar-refractivity contribution in [2.45, 2.75) is 32.4 Å². The first-order chi connectivity index (χ1) is 6.32. The summed E-state index contributed by atoms with van der Waals surface area (Å²) in [5, 5.41) is 0. The number of hydrogen-bond acceptors (Lipinski definition) is 3. The van der Waals surface area contributed by atoms with E-state index < -0.39 is 5.91 Å². The number of nitrogens with zero attached hydrogens (tertiary/aromatic N) is 1. The summed E-state index contributed by atoms with van der Waals surface area (Å²) in [5.41, 5.74) is 11.3. The van der Waals surface area contributed by atoms with Crippen LogP contribution < -0.4 is 11.5 Å². The molecule has 1 rings (SSSR count). The molecule has 1 heterocycles. The van der Waals surface area contributed by atoms with Crippen molar-refractivity contribution in [2.24, 2.45) is 11.5 Å². The Balaban J connectivity index is 2.96. The molecule has 0 aromatic heterocycles. The monoisotopic (exact) mass is 195 g/mol. The van der Waals surface area contributed by atoms with Crippen molar-refractivity contribution in [3.63, 3.8) is 0 Å². The zero-order chi connectivity index (χ0) is 10.9. The summed E-state index contributed by atoms with van der Waals surface area (Å²) in [7, 11) is 0. The fourth-order valence-corrected chi connectivity index (χ4v) is 1.21. The Bertz CT molecular complexity index is 299. The van der Waals surface area contributed by atoms with Gasteiger partial charge in [0, 0.05) is 17.9 Å². The lowest BCUT2D eigenvalue weighted by molar-refractivity contribution is -0.114. The van der Waals surface area contributed by atoms with Crippen LogP contribution in [0.25, 0.3) is 0 Å². The van der Waals surface area contributed by atoms with Gasteiger partial charge >= 0.3 is 0 Å². The molecule has 0 radical (unpaired) electrons. The molecule has 1 atom stereocenters. The molecular formula is C10H17N3O. The second-order valence-electron chi connectivity index (χ2n) is 4.39. The Hall–Kier alpha value is -1.29. The molecule has 4 nitrogen and oxygen atoms in total. The van der Waals surface area contributed by atoms with E-state index in [2.05, 4.69) is 0 Å². The van der Waals surface area contributed by atoms with Crippen molar-refractivity contribution < 1.29 is 4.79 Å². The molecule has 0 spiro atoms. The normalized spacial score (nSPS) is 22.1. The smallest absolute Gasteiger partial charge is 0.248 e. The van der Waals surface area contributed by atoms with Crippen molar-refractivity contribution in [1.82, 2.24) is 4.90 Å². The van der Waals surface area contributed by atoms with E-state index in [4.69, 9.17) is 11.5 Å². The predicted molar refractivity (Wildman–Crippen MR) is 56.0 cm³/mol. The molecule has 1 aliphatic rings. The molecule has 0 saturated carbocycles. The van der Waals surface area contributed by atoms with Crippen LogP contribution in [0, 0.1) is 0 Å². The Morgan fingerprint density at radius 1 is 1.50 bits per heavy atom. The average molecular weight is 195 g/mol. The van der Waals surface area contributed by atoms with Crippen LogP contribution in [0.2, 0.25) is 0 Å². The minimum Gasteiger partial charge on any atom is -0.366 e. The number of hydrogen-bond donors (Lipinski definition) is 2. The summed E-state index contributed by atoms with van der Waals surface area (Å²) in [5.74, 6) is -0.462. The summed E-state index contributed by atoms with van der Waals surface area (Å²) in [4.78, 5) is 13.0. The van der Waals surface area contributed by atoms with Crippen molar-refractivity contribution in [3.05, 3.63) is 24.0 Å². The summed E-state index contributed by atoms with van der Waals surface area (Å²) in [6.45, 7) is 6.13. The van der Waals surface area contributed by atoms with E-state index >= 15 is 0 Å². The maximum atomic E-state index is 11.1. The lowest BCUT2D eigenvalue weighted by atomic mass is 10.0. The second-order valence-corrected chi connectivity index (χ2v) is 4.39. The van der Waals surface area contributed by atoms with Gasteiger partial charge in [0.1, 0.15) is 0 Å². The SMILES string of the molecule is CC(C)(C)N1C=CC(N)C(C(N)=O)=C1. The first kappa shape index (κ1) is 10.8. The minimum atomic E-state index is -0.462. The van der Waals surface area contributed by atoms with Gasteiger partial charge in [-0.25, -0.2) is 0 Å². The van der Waals surface area contributed by atoms with E-state index in [1.165, 1.54) is 0 Å². The minimum absolute atomic E-state index is 0.0721. The lowest BCUT2D eigenvalue weighted by Crippen LogP contribution is -2.40. The van der Waals surface area contributed by atoms with Crippen LogP contribution in [0.4, 0.5) is 0 Å². The van der Waals surface area contributed by atoms with E-state index in [-0.39, 0.29) is 11.6 Å². The molecule has 1 unspecified atom stereocenters. The second kappa shape index (κ2) is 3.46. The van der Waals surface area contributed by atoms with Crippen molar-refractivity contribution >= 4 is 5.91 Å². The molecular weight excluding hydrogens is 178 g/mol. The van der Waals surface area contributed by atoms with Crippen LogP contribution in [-0.4, -0.2) is 22.4 Å². The third kappa shape index (κ3) is 2.14. The molecule has 1 amide bonds. The van der Waals surface area contributed by atoms with Crippen molar-refractivity contribution in [1.29, 1.82) is 0 Å². The van der Waals surface area contributed by atoms with Crippen molar-refractivity contribution in [3.8, 4) is 0 Å². The quantitative estimate of drug-likeness (QED) is 0.632. The number of amides is 1. The molecule has 0 aromatic rings. The van der Waals surface area contributed by atoms with Crippen molar-refractivity contribution in [2.75, 3.05) is 0 Å². The van der Waals surface area contributed by atoms with Gasteiger partial charge in [-0.15, -0.1) is 0 Å². The number of rotatable bonds is 1. The number of carbonyl (C=O) groups is 1. The van der Waals surface area contributed by atoms with Crippen LogP contribution in [0.15, 0.2) is 24.0 Å². The van der Waals surface area contributed by atoms with Gasteiger partial charge in [-0.3, -0.25) is 4.79 Å². The van der Waals surface area contributed by atoms with Crippen LogP contribution in [-0.2, 0) is 4.79 Å². The third-order valence-electron chi connectivity index (χ3n) is 2.15. The summed E-state index contributed by atoms with van der Waals surface area (Å²) in [6, 6.07) is -0.383. The van der Waals surface area contributed by atoms with E-state index in [1.807, 2.05) is 31.9 Å². The number of primary amides is 1. The van der Waals surface area contributed by atoms with E-state index in [1.54, 1.807) is 12.3 Å². The van der Waals surface area contributed by atoms with Crippen LogP contribution in [0.3, 0.4) is 0 Å². The Labute approximate surface area is 84.2 Å². The van der Waals surface area contributed by atoms with Gasteiger partial charge in [0.2, 0.25) is 5.91 Å². The molecule has 0 fully saturated rings. The molecule has 78 valence electrons. The predicted octanol–water partition coefficient (Wildman–Crippen LogP) is 0.311. The first-order valence-corrected chi connectivity index (χ1v) is 4.56. The van der Waals surface area contributed by atoms with Gasteiger partial charge in [-0.2, -0.15) is 0 Å². The maximum Gasteiger partial charge on any atom is 0.248 e. The summed E-state index contributed by atoms with van der Waals surface area (Å²) < 4.78 is 0. The molecule has 14 heavy (non-hydrogen) atoms. The van der Waals surface area contributed by atoms with Crippen LogP contribution >= 0.6 is 0 Å². The molecule has 0 aliphatic carbocycles. The van der Waals surface area contributed by atoms with Gasteiger partial charge in [0.05, 0.1) is 11.6 Å². The van der Waals surface area contributed by atoms with Crippen LogP contribution in [0.1, 0.15) is 20.8 Å². The van der Waals surface area contributed by atoms with E-state index in [9.17, 15) is 4.79 Å². The van der Waals surface area contributed by atoms with Gasteiger partial charge < -0.3 is 16.4 Å². The highest BCUT2D eigenvalue weighted by atomic mass is 16.1. The zero-order valence-electron chi connectivity index (χ0n) is 8.82. The maximum absolute atomic E-state index is 11.1. The van der Waals surface area contributed by atoms with Gasteiger partial charge in [0.25, 0.3) is 0 Å². The topological polar surface area (TPSA) is 72.3 Å². The van der Waals surface area contributed by atoms with Gasteiger partial charge in [-0.1, -0.05) is 0 Å². The zero-order valence-corrected chi connectivity index (χ0v) is 8.82. The molecule has 0 aromatic carbocycles. The molecule has 0 bridgehead atoms. The Morgan fingerprint density at radius 2 is 2.07 bits per heavy atom. The van der Waals surface area contributed by atoms with Gasteiger partial charge in [-0.05, 0) is 26.8 Å². The molecule has 1 aliphatic heterocycles. The molecule has 4 heteroatoms. The fraction of sp³-hybridized carbons (Fsp3) is 0.500. The largest absolute Gasteiger partial charge is 0.366 e. The summed E-state index contributed by atoms with van der Waals surface area (Å²) >= 11 is 0. The van der Waals surface area contributed by atoms with E-state index in [0.717, 1.165) is 0 Å². The third-order valence-corrected chi connectivity index (χ3v) is 2.15. The number of nitrogens with two attached hydrogens (primary N) is 2. The highest BCUT2D eigenvalue weighted by Gasteiger charge is 2.23. The molecule has 0 saturated heterocycles. The number of carbonyl (C=O) groups excluding carboxylic acids is 1. The highest BCUT2D eigenvalue weighted by molar-refractivity contribution is 5.93. The lowest BCUT2D eigenvalue weighted by Gasteiger charge is -2.35.